The van der Waals surface area contributed by atoms with Crippen molar-refractivity contribution in [3.8, 4) is 5.75 Å². The zero-order valence-electron chi connectivity index (χ0n) is 15.2. The van der Waals surface area contributed by atoms with Crippen LogP contribution in [0.15, 0.2) is 42.9 Å². The van der Waals surface area contributed by atoms with Crippen LogP contribution in [0.25, 0.3) is 0 Å². The molecule has 0 radical (unpaired) electrons. The van der Waals surface area contributed by atoms with Crippen LogP contribution in [0.1, 0.15) is 24.4 Å². The molecule has 2 aliphatic rings. The average Bonchev–Trinajstić information content (AvgIpc) is 3.53. The summed E-state index contributed by atoms with van der Waals surface area (Å²) in [5.74, 6) is 1.51. The van der Waals surface area contributed by atoms with Gasteiger partial charge < -0.3 is 14.7 Å². The number of hydrogen-bond donors (Lipinski definition) is 1. The first-order valence-corrected chi connectivity index (χ1v) is 9.41. The Balaban J connectivity index is 1.39. The maximum atomic E-state index is 12.0. The number of benzene rings is 1. The number of carbonyl (C=O) groups is 1. The molecule has 1 atom stereocenters. The van der Waals surface area contributed by atoms with E-state index in [9.17, 15) is 9.90 Å². The van der Waals surface area contributed by atoms with Gasteiger partial charge in [0.25, 0.3) is 0 Å². The van der Waals surface area contributed by atoms with Crippen molar-refractivity contribution in [2.24, 2.45) is 5.92 Å². The van der Waals surface area contributed by atoms with E-state index >= 15 is 0 Å². The second-order valence-electron chi connectivity index (χ2n) is 7.15. The maximum absolute atomic E-state index is 12.0. The Morgan fingerprint density at radius 1 is 1.15 bits per heavy atom. The van der Waals surface area contributed by atoms with E-state index in [2.05, 4.69) is 14.9 Å². The molecule has 2 aromatic rings. The van der Waals surface area contributed by atoms with E-state index in [1.54, 1.807) is 18.6 Å². The Morgan fingerprint density at radius 3 is 2.48 bits per heavy atom. The summed E-state index contributed by atoms with van der Waals surface area (Å²) in [5, 5.41) is 9.81. The number of piperazine rings is 1. The minimum atomic E-state index is -0.824. The summed E-state index contributed by atoms with van der Waals surface area (Å²) in [7, 11) is 0. The van der Waals surface area contributed by atoms with Crippen molar-refractivity contribution in [3.63, 3.8) is 0 Å². The summed E-state index contributed by atoms with van der Waals surface area (Å²) in [4.78, 5) is 24.5. The molecule has 27 heavy (non-hydrogen) atoms. The third-order valence-corrected chi connectivity index (χ3v) is 5.17. The van der Waals surface area contributed by atoms with E-state index in [0.29, 0.717) is 19.0 Å². The maximum Gasteiger partial charge on any atom is 0.325 e. The largest absolute Gasteiger partial charge is 0.493 e. The van der Waals surface area contributed by atoms with Gasteiger partial charge in [-0.25, -0.2) is 4.98 Å². The van der Waals surface area contributed by atoms with Crippen LogP contribution in [0.2, 0.25) is 0 Å². The first-order valence-electron chi connectivity index (χ1n) is 9.41. The Hall–Kier alpha value is -2.67. The fourth-order valence-electron chi connectivity index (χ4n) is 3.42. The third kappa shape index (κ3) is 4.36. The minimum absolute atomic E-state index is 0.647. The summed E-state index contributed by atoms with van der Waals surface area (Å²) in [6, 6.07) is 6.85. The Labute approximate surface area is 158 Å². The SMILES string of the molecule is O=C(O)[C@@H](c1ccc(OCC2CC2)cc1)N1CCN(c2cnccn2)CC1. The Bertz CT molecular complexity index is 757. The molecule has 0 spiro atoms. The number of aromatic nitrogens is 2. The molecule has 1 aromatic heterocycles. The summed E-state index contributed by atoms with van der Waals surface area (Å²) in [6.07, 6.45) is 7.57. The van der Waals surface area contributed by atoms with Crippen LogP contribution in [-0.2, 0) is 4.79 Å². The normalized spacial score (nSPS) is 18.9. The monoisotopic (exact) mass is 368 g/mol. The molecule has 1 aromatic carbocycles. The predicted molar refractivity (Wildman–Crippen MR) is 101 cm³/mol. The first kappa shape index (κ1) is 17.7. The highest BCUT2D eigenvalue weighted by atomic mass is 16.5. The van der Waals surface area contributed by atoms with Crippen molar-refractivity contribution in [3.05, 3.63) is 48.4 Å². The average molecular weight is 368 g/mol. The van der Waals surface area contributed by atoms with Crippen LogP contribution in [0.5, 0.6) is 5.75 Å². The van der Waals surface area contributed by atoms with Crippen molar-refractivity contribution in [2.75, 3.05) is 37.7 Å². The lowest BCUT2D eigenvalue weighted by molar-refractivity contribution is -0.143. The van der Waals surface area contributed by atoms with E-state index in [1.807, 2.05) is 29.2 Å². The molecule has 0 bridgehead atoms. The van der Waals surface area contributed by atoms with E-state index in [1.165, 1.54) is 12.8 Å². The van der Waals surface area contributed by atoms with Gasteiger partial charge in [-0.1, -0.05) is 12.1 Å². The summed E-state index contributed by atoms with van der Waals surface area (Å²) < 4.78 is 5.75. The number of anilines is 1. The van der Waals surface area contributed by atoms with Crippen LogP contribution in [0.3, 0.4) is 0 Å². The van der Waals surface area contributed by atoms with E-state index in [0.717, 1.165) is 36.8 Å². The fourth-order valence-corrected chi connectivity index (χ4v) is 3.42. The van der Waals surface area contributed by atoms with Gasteiger partial charge in [-0.3, -0.25) is 14.7 Å². The molecule has 1 aliphatic heterocycles. The molecule has 7 heteroatoms. The van der Waals surface area contributed by atoms with E-state index < -0.39 is 12.0 Å². The number of ether oxygens (including phenoxy) is 1. The zero-order valence-corrected chi connectivity index (χ0v) is 15.2. The third-order valence-electron chi connectivity index (χ3n) is 5.17. The topological polar surface area (TPSA) is 78.8 Å². The predicted octanol–water partition coefficient (Wildman–Crippen LogP) is 2.21. The second kappa shape index (κ2) is 7.92. The van der Waals surface area contributed by atoms with Crippen LogP contribution >= 0.6 is 0 Å². The lowest BCUT2D eigenvalue weighted by Crippen LogP contribution is -2.49. The Morgan fingerprint density at radius 2 is 1.89 bits per heavy atom. The van der Waals surface area contributed by atoms with Crippen molar-refractivity contribution in [1.82, 2.24) is 14.9 Å². The fraction of sp³-hybridized carbons (Fsp3) is 0.450. The molecule has 1 saturated heterocycles. The Kier molecular flexibility index (Phi) is 5.20. The van der Waals surface area contributed by atoms with Crippen molar-refractivity contribution >= 4 is 11.8 Å². The van der Waals surface area contributed by atoms with Crippen LogP contribution in [-0.4, -0.2) is 58.7 Å². The van der Waals surface area contributed by atoms with Crippen LogP contribution < -0.4 is 9.64 Å². The van der Waals surface area contributed by atoms with Crippen LogP contribution in [0.4, 0.5) is 5.82 Å². The molecule has 2 fully saturated rings. The molecule has 0 unspecified atom stereocenters. The van der Waals surface area contributed by atoms with Gasteiger partial charge in [0.1, 0.15) is 17.6 Å². The smallest absolute Gasteiger partial charge is 0.325 e. The van der Waals surface area contributed by atoms with Crippen molar-refractivity contribution in [2.45, 2.75) is 18.9 Å². The molecule has 7 nitrogen and oxygen atoms in total. The number of carboxylic acid groups (broad SMARTS) is 1. The van der Waals surface area contributed by atoms with Gasteiger partial charge in [-0.05, 0) is 36.5 Å². The van der Waals surface area contributed by atoms with Gasteiger partial charge in [0.15, 0.2) is 0 Å². The molecule has 1 aliphatic carbocycles. The molecule has 1 saturated carbocycles. The molecular formula is C20H24N4O3. The standard InChI is InChI=1S/C20H24N4O3/c25-20(26)19(16-3-5-17(6-4-16)27-14-15-1-2-15)24-11-9-23(10-12-24)18-13-21-7-8-22-18/h3-8,13,15,19H,1-2,9-12,14H2,(H,25,26)/t19-/m1/s1. The number of rotatable bonds is 7. The van der Waals surface area contributed by atoms with E-state index in [4.69, 9.17) is 4.74 Å². The molecule has 142 valence electrons. The lowest BCUT2D eigenvalue weighted by Gasteiger charge is -2.38. The van der Waals surface area contributed by atoms with Crippen molar-refractivity contribution < 1.29 is 14.6 Å². The number of hydrogen-bond acceptors (Lipinski definition) is 6. The highest BCUT2D eigenvalue weighted by molar-refractivity contribution is 5.75. The highest BCUT2D eigenvalue weighted by Gasteiger charge is 2.30. The summed E-state index contributed by atoms with van der Waals surface area (Å²) in [6.45, 7) is 3.53. The molecule has 2 heterocycles. The van der Waals surface area contributed by atoms with Gasteiger partial charge in [0.2, 0.25) is 0 Å². The summed E-state index contributed by atoms with van der Waals surface area (Å²) >= 11 is 0. The highest BCUT2D eigenvalue weighted by Crippen LogP contribution is 2.30. The van der Waals surface area contributed by atoms with Gasteiger partial charge in [0.05, 0.1) is 12.8 Å². The van der Waals surface area contributed by atoms with Gasteiger partial charge in [-0.2, -0.15) is 0 Å². The first-order chi connectivity index (χ1) is 13.2. The number of aliphatic carboxylic acids is 1. The molecule has 0 amide bonds. The number of carboxylic acids is 1. The van der Waals surface area contributed by atoms with Crippen molar-refractivity contribution in [1.29, 1.82) is 0 Å². The number of nitrogens with zero attached hydrogens (tertiary/aromatic N) is 4. The lowest BCUT2D eigenvalue weighted by atomic mass is 10.0. The zero-order chi connectivity index (χ0) is 18.6. The quantitative estimate of drug-likeness (QED) is 0.803. The van der Waals surface area contributed by atoms with Gasteiger partial charge >= 0.3 is 5.97 Å². The van der Waals surface area contributed by atoms with Crippen LogP contribution in [0, 0.1) is 5.92 Å². The minimum Gasteiger partial charge on any atom is -0.493 e. The van der Waals surface area contributed by atoms with E-state index in [-0.39, 0.29) is 0 Å². The van der Waals surface area contributed by atoms with Gasteiger partial charge in [-0.15, -0.1) is 0 Å². The molecule has 1 N–H and O–H groups in total. The van der Waals surface area contributed by atoms with Gasteiger partial charge in [0, 0.05) is 38.6 Å². The molecular weight excluding hydrogens is 344 g/mol. The molecule has 4 rings (SSSR count). The second-order valence-corrected chi connectivity index (χ2v) is 7.15. The summed E-state index contributed by atoms with van der Waals surface area (Å²) in [5.41, 5.74) is 0.786.